The van der Waals surface area contributed by atoms with Gasteiger partial charge in [-0.05, 0) is 22.9 Å². The number of carbonyl (C=O) groups is 1. The summed E-state index contributed by atoms with van der Waals surface area (Å²) in [6.45, 7) is 4.00. The van der Waals surface area contributed by atoms with E-state index >= 15 is 0 Å². The third kappa shape index (κ3) is 8.88. The summed E-state index contributed by atoms with van der Waals surface area (Å²) in [5.41, 5.74) is 0. The van der Waals surface area contributed by atoms with Gasteiger partial charge in [0.15, 0.2) is 0 Å². The first-order chi connectivity index (χ1) is 8.24. The Bertz CT molecular complexity index is 315. The summed E-state index contributed by atoms with van der Waals surface area (Å²) < 4.78 is 0. The molecule has 101 valence electrons. The molecule has 1 radical (unpaired) electrons. The van der Waals surface area contributed by atoms with E-state index in [0.717, 1.165) is 5.03 Å². The minimum absolute atomic E-state index is 0. The number of carboxylic acid groups (broad SMARTS) is 1. The predicted molar refractivity (Wildman–Crippen MR) is 73.8 cm³/mol. The van der Waals surface area contributed by atoms with Crippen LogP contribution in [0.25, 0.3) is 0 Å². The molecule has 0 aliphatic rings. The number of hydrogen-bond donors (Lipinski definition) is 2. The Morgan fingerprint density at radius 1 is 1.56 bits per heavy atom. The van der Waals surface area contributed by atoms with Gasteiger partial charge in [0, 0.05) is 30.5 Å². The molecular weight excluding hydrogens is 307 g/mol. The van der Waals surface area contributed by atoms with Gasteiger partial charge in [0.05, 0.1) is 6.04 Å². The van der Waals surface area contributed by atoms with Gasteiger partial charge in [0.1, 0.15) is 5.03 Å². The molecule has 1 heterocycles. The number of hydrogen-bond acceptors (Lipinski definition) is 5. The van der Waals surface area contributed by atoms with Gasteiger partial charge in [-0.15, -0.1) is 0 Å². The van der Waals surface area contributed by atoms with Gasteiger partial charge in [-0.2, -0.15) is 0 Å². The van der Waals surface area contributed by atoms with Crippen LogP contribution in [0, 0.1) is 7.05 Å². The van der Waals surface area contributed by atoms with Gasteiger partial charge in [-0.25, -0.2) is 4.98 Å². The minimum Gasteiger partial charge on any atom is -0.480 e. The van der Waals surface area contributed by atoms with Crippen molar-refractivity contribution in [1.82, 2.24) is 10.3 Å². The van der Waals surface area contributed by atoms with E-state index in [1.807, 2.05) is 32.0 Å². The molecule has 0 fully saturated rings. The van der Waals surface area contributed by atoms with Crippen LogP contribution in [0.2, 0.25) is 0 Å². The molecule has 7 heteroatoms. The summed E-state index contributed by atoms with van der Waals surface area (Å²) in [6, 6.07) is 4.99. The Morgan fingerprint density at radius 2 is 2.22 bits per heavy atom. The van der Waals surface area contributed by atoms with Gasteiger partial charge in [-0.1, -0.05) is 30.7 Å². The molecule has 0 bridgehead atoms. The molecule has 1 aromatic rings. The third-order valence-electron chi connectivity index (χ3n) is 1.56. The van der Waals surface area contributed by atoms with E-state index in [9.17, 15) is 4.79 Å². The van der Waals surface area contributed by atoms with Crippen molar-refractivity contribution in [1.29, 1.82) is 0 Å². The Morgan fingerprint density at radius 3 is 2.67 bits per heavy atom. The number of aliphatic carboxylic acids is 1. The standard InChI is InChI=1S/C9H11N2O2S2.C2H6.V/c1-10-7(9(12)13)6-14-15-8-4-2-3-5-11-8;1-2;/h2-5,7,10H,1,6H2,(H,12,13);1-2H3;/q-1;;. The number of carboxylic acids is 1. The summed E-state index contributed by atoms with van der Waals surface area (Å²) >= 11 is 0. The Kier molecular flexibility index (Phi) is 14.9. The van der Waals surface area contributed by atoms with Crippen LogP contribution in [-0.2, 0) is 23.4 Å². The van der Waals surface area contributed by atoms with Crippen molar-refractivity contribution in [2.45, 2.75) is 24.9 Å². The normalized spacial score (nSPS) is 10.6. The topological polar surface area (TPSA) is 62.2 Å². The van der Waals surface area contributed by atoms with Crippen LogP contribution in [0.4, 0.5) is 0 Å². The van der Waals surface area contributed by atoms with Gasteiger partial charge in [0.2, 0.25) is 0 Å². The average molecular weight is 324 g/mol. The van der Waals surface area contributed by atoms with Crippen molar-refractivity contribution in [2.75, 3.05) is 5.75 Å². The molecule has 18 heavy (non-hydrogen) atoms. The van der Waals surface area contributed by atoms with E-state index in [4.69, 9.17) is 5.11 Å². The fourth-order valence-electron chi connectivity index (χ4n) is 0.776. The molecule has 0 saturated carbocycles. The maximum atomic E-state index is 10.6. The summed E-state index contributed by atoms with van der Waals surface area (Å²) in [7, 11) is 6.26. The molecule has 0 aromatic carbocycles. The third-order valence-corrected chi connectivity index (χ3v) is 3.83. The summed E-state index contributed by atoms with van der Waals surface area (Å²) in [5, 5.41) is 12.1. The average Bonchev–Trinajstić information content (AvgIpc) is 2.38. The number of nitrogens with one attached hydrogen (secondary N) is 1. The van der Waals surface area contributed by atoms with Crippen molar-refractivity contribution in [3.05, 3.63) is 31.4 Å². The van der Waals surface area contributed by atoms with E-state index in [-0.39, 0.29) is 18.6 Å². The van der Waals surface area contributed by atoms with Crippen molar-refractivity contribution >= 4 is 27.6 Å². The van der Waals surface area contributed by atoms with Crippen LogP contribution >= 0.6 is 21.6 Å². The number of rotatable bonds is 6. The fraction of sp³-hybridized carbons (Fsp3) is 0.364. The van der Waals surface area contributed by atoms with Crippen molar-refractivity contribution < 1.29 is 28.5 Å². The molecule has 1 atom stereocenters. The van der Waals surface area contributed by atoms with E-state index < -0.39 is 12.0 Å². The maximum Gasteiger partial charge on any atom is 0.319 e. The summed E-state index contributed by atoms with van der Waals surface area (Å²) in [5.74, 6) is -0.445. The molecule has 1 unspecified atom stereocenters. The SMILES string of the molecule is CC.[CH2-]NC(CSSc1ccccn1)C(=O)O.[V]. The largest absolute Gasteiger partial charge is 0.480 e. The molecule has 0 saturated heterocycles. The predicted octanol–water partition coefficient (Wildman–Crippen LogP) is 2.68. The van der Waals surface area contributed by atoms with Crippen LogP contribution in [0.3, 0.4) is 0 Å². The number of aromatic nitrogens is 1. The maximum absolute atomic E-state index is 10.6. The smallest absolute Gasteiger partial charge is 0.319 e. The van der Waals surface area contributed by atoms with Crippen molar-refractivity contribution in [3.63, 3.8) is 0 Å². The van der Waals surface area contributed by atoms with Gasteiger partial charge >= 0.3 is 5.97 Å². The Labute approximate surface area is 128 Å². The zero-order valence-corrected chi connectivity index (χ0v) is 13.4. The van der Waals surface area contributed by atoms with E-state index in [2.05, 4.69) is 17.3 Å². The van der Waals surface area contributed by atoms with Gasteiger partial charge in [-0.3, -0.25) is 11.8 Å². The fourth-order valence-corrected chi connectivity index (χ4v) is 2.87. The first-order valence-electron chi connectivity index (χ1n) is 5.20. The Hall–Kier alpha value is -0.136. The van der Waals surface area contributed by atoms with Crippen molar-refractivity contribution in [2.24, 2.45) is 0 Å². The van der Waals surface area contributed by atoms with Gasteiger partial charge in [0.25, 0.3) is 0 Å². The molecule has 0 spiro atoms. The van der Waals surface area contributed by atoms with E-state index in [0.29, 0.717) is 5.75 Å². The van der Waals surface area contributed by atoms with Crippen LogP contribution in [0.15, 0.2) is 29.4 Å². The second kappa shape index (κ2) is 13.3. The van der Waals surface area contributed by atoms with Crippen LogP contribution < -0.4 is 5.32 Å². The van der Waals surface area contributed by atoms with E-state index in [1.54, 1.807) is 6.20 Å². The Balaban J connectivity index is 0. The molecule has 0 amide bonds. The van der Waals surface area contributed by atoms with Crippen LogP contribution in [-0.4, -0.2) is 27.9 Å². The molecule has 0 aliphatic carbocycles. The second-order valence-corrected chi connectivity index (χ2v) is 4.99. The summed E-state index contributed by atoms with van der Waals surface area (Å²) in [6.07, 6.45) is 1.71. The minimum atomic E-state index is -0.890. The second-order valence-electron chi connectivity index (χ2n) is 2.63. The molecule has 1 rings (SSSR count). The summed E-state index contributed by atoms with van der Waals surface area (Å²) in [4.78, 5) is 14.7. The first kappa shape index (κ1) is 20.2. The molecular formula is C11H17N2O2S2V-. The quantitative estimate of drug-likeness (QED) is 0.620. The van der Waals surface area contributed by atoms with E-state index in [1.165, 1.54) is 21.6 Å². The van der Waals surface area contributed by atoms with Crippen molar-refractivity contribution in [3.8, 4) is 0 Å². The number of pyridine rings is 1. The number of nitrogens with zero attached hydrogens (tertiary/aromatic N) is 1. The zero-order chi connectivity index (χ0) is 13.1. The van der Waals surface area contributed by atoms with Crippen LogP contribution in [0.5, 0.6) is 0 Å². The molecule has 4 nitrogen and oxygen atoms in total. The zero-order valence-electron chi connectivity index (χ0n) is 10.4. The molecule has 1 aromatic heterocycles. The molecule has 0 aliphatic heterocycles. The first-order valence-corrected chi connectivity index (χ1v) is 7.52. The van der Waals surface area contributed by atoms with Gasteiger partial charge < -0.3 is 10.4 Å². The molecule has 2 N–H and O–H groups in total. The van der Waals surface area contributed by atoms with Crippen LogP contribution in [0.1, 0.15) is 13.8 Å². The monoisotopic (exact) mass is 324 g/mol.